The SMILES string of the molecule is CCN(CC)C[C@@H]1CCN([C@H](C(=O)NC(C)C)c2ccccc2)C1. The van der Waals surface area contributed by atoms with Crippen molar-refractivity contribution in [1.82, 2.24) is 15.1 Å². The first-order valence-corrected chi connectivity index (χ1v) is 9.36. The van der Waals surface area contributed by atoms with Gasteiger partial charge in [0.1, 0.15) is 6.04 Å². The molecule has 1 aromatic rings. The Kier molecular flexibility index (Phi) is 7.25. The highest BCUT2D eigenvalue weighted by Gasteiger charge is 2.34. The summed E-state index contributed by atoms with van der Waals surface area (Å²) in [5.41, 5.74) is 1.10. The highest BCUT2D eigenvalue weighted by atomic mass is 16.2. The summed E-state index contributed by atoms with van der Waals surface area (Å²) < 4.78 is 0. The van der Waals surface area contributed by atoms with Gasteiger partial charge in [0.25, 0.3) is 0 Å². The van der Waals surface area contributed by atoms with E-state index in [1.807, 2.05) is 32.0 Å². The Morgan fingerprint density at radius 3 is 2.50 bits per heavy atom. The topological polar surface area (TPSA) is 35.6 Å². The van der Waals surface area contributed by atoms with E-state index in [9.17, 15) is 4.79 Å². The maximum absolute atomic E-state index is 12.8. The van der Waals surface area contributed by atoms with Crippen LogP contribution in [0.5, 0.6) is 0 Å². The zero-order valence-corrected chi connectivity index (χ0v) is 15.7. The molecule has 0 saturated carbocycles. The molecule has 4 nitrogen and oxygen atoms in total. The zero-order valence-electron chi connectivity index (χ0n) is 15.7. The minimum Gasteiger partial charge on any atom is -0.352 e. The van der Waals surface area contributed by atoms with Crippen LogP contribution in [-0.2, 0) is 4.79 Å². The van der Waals surface area contributed by atoms with Gasteiger partial charge in [0, 0.05) is 19.1 Å². The Morgan fingerprint density at radius 1 is 1.25 bits per heavy atom. The van der Waals surface area contributed by atoms with E-state index in [2.05, 4.69) is 41.1 Å². The first-order valence-electron chi connectivity index (χ1n) is 9.36. The van der Waals surface area contributed by atoms with Crippen molar-refractivity contribution < 1.29 is 4.79 Å². The number of rotatable bonds is 8. The summed E-state index contributed by atoms with van der Waals surface area (Å²) in [6.07, 6.45) is 1.18. The fourth-order valence-electron chi connectivity index (χ4n) is 3.62. The van der Waals surface area contributed by atoms with Gasteiger partial charge in [0.2, 0.25) is 5.91 Å². The van der Waals surface area contributed by atoms with Gasteiger partial charge in [-0.1, -0.05) is 44.2 Å². The number of nitrogens with zero attached hydrogens (tertiary/aromatic N) is 2. The predicted molar refractivity (Wildman–Crippen MR) is 99.9 cm³/mol. The van der Waals surface area contributed by atoms with Crippen LogP contribution in [0.2, 0.25) is 0 Å². The molecule has 24 heavy (non-hydrogen) atoms. The molecular weight excluding hydrogens is 298 g/mol. The summed E-state index contributed by atoms with van der Waals surface area (Å²) in [5.74, 6) is 0.780. The van der Waals surface area contributed by atoms with E-state index in [0.29, 0.717) is 5.92 Å². The number of likely N-dealkylation sites (tertiary alicyclic amines) is 1. The van der Waals surface area contributed by atoms with Crippen LogP contribution in [0.1, 0.15) is 45.7 Å². The Labute approximate surface area is 147 Å². The van der Waals surface area contributed by atoms with Crippen LogP contribution in [0, 0.1) is 5.92 Å². The predicted octanol–water partition coefficient (Wildman–Crippen LogP) is 2.92. The molecule has 2 rings (SSSR count). The van der Waals surface area contributed by atoms with Crippen LogP contribution in [0.3, 0.4) is 0 Å². The number of benzene rings is 1. The molecular formula is C20H33N3O. The highest BCUT2D eigenvalue weighted by Crippen LogP contribution is 2.28. The average Bonchev–Trinajstić information content (AvgIpc) is 3.01. The lowest BCUT2D eigenvalue weighted by atomic mass is 10.0. The largest absolute Gasteiger partial charge is 0.352 e. The van der Waals surface area contributed by atoms with Crippen LogP contribution >= 0.6 is 0 Å². The van der Waals surface area contributed by atoms with Crippen LogP contribution in [0.4, 0.5) is 0 Å². The molecule has 1 N–H and O–H groups in total. The lowest BCUT2D eigenvalue weighted by Crippen LogP contribution is -2.42. The Morgan fingerprint density at radius 2 is 1.92 bits per heavy atom. The van der Waals surface area contributed by atoms with E-state index in [-0.39, 0.29) is 18.0 Å². The molecule has 0 radical (unpaired) electrons. The molecule has 1 aliphatic rings. The lowest BCUT2D eigenvalue weighted by molar-refractivity contribution is -0.126. The number of carbonyl (C=O) groups is 1. The van der Waals surface area contributed by atoms with E-state index in [1.54, 1.807) is 0 Å². The first-order chi connectivity index (χ1) is 11.5. The van der Waals surface area contributed by atoms with Gasteiger partial charge in [0.05, 0.1) is 0 Å². The van der Waals surface area contributed by atoms with Gasteiger partial charge in [-0.15, -0.1) is 0 Å². The molecule has 0 aliphatic carbocycles. The van der Waals surface area contributed by atoms with E-state index in [4.69, 9.17) is 0 Å². The fourth-order valence-corrected chi connectivity index (χ4v) is 3.62. The summed E-state index contributed by atoms with van der Waals surface area (Å²) in [7, 11) is 0. The monoisotopic (exact) mass is 331 g/mol. The lowest BCUT2D eigenvalue weighted by Gasteiger charge is -2.29. The van der Waals surface area contributed by atoms with Crippen molar-refractivity contribution in [3.63, 3.8) is 0 Å². The van der Waals surface area contributed by atoms with E-state index >= 15 is 0 Å². The Bertz CT molecular complexity index is 499. The normalized spacial score (nSPS) is 19.8. The number of nitrogens with one attached hydrogen (secondary N) is 1. The Hall–Kier alpha value is -1.39. The van der Waals surface area contributed by atoms with Crippen molar-refractivity contribution in [2.24, 2.45) is 5.92 Å². The van der Waals surface area contributed by atoms with Crippen LogP contribution in [-0.4, -0.2) is 54.5 Å². The van der Waals surface area contributed by atoms with E-state index in [0.717, 1.165) is 38.3 Å². The second kappa shape index (κ2) is 9.19. The molecule has 1 heterocycles. The van der Waals surface area contributed by atoms with Gasteiger partial charge in [-0.25, -0.2) is 0 Å². The molecule has 1 aliphatic heterocycles. The molecule has 2 atom stereocenters. The molecule has 0 spiro atoms. The molecule has 0 aromatic heterocycles. The number of carbonyl (C=O) groups excluding carboxylic acids is 1. The van der Waals surface area contributed by atoms with Gasteiger partial charge >= 0.3 is 0 Å². The van der Waals surface area contributed by atoms with Crippen molar-refractivity contribution in [2.45, 2.75) is 46.2 Å². The minimum atomic E-state index is -0.171. The Balaban J connectivity index is 2.09. The fraction of sp³-hybridized carbons (Fsp3) is 0.650. The molecule has 1 saturated heterocycles. The third-order valence-corrected chi connectivity index (χ3v) is 4.89. The van der Waals surface area contributed by atoms with Crippen LogP contribution < -0.4 is 5.32 Å². The summed E-state index contributed by atoms with van der Waals surface area (Å²) in [6, 6.07) is 10.2. The van der Waals surface area contributed by atoms with Crippen molar-refractivity contribution in [3.8, 4) is 0 Å². The minimum absolute atomic E-state index is 0.125. The van der Waals surface area contributed by atoms with E-state index < -0.39 is 0 Å². The van der Waals surface area contributed by atoms with Crippen LogP contribution in [0.15, 0.2) is 30.3 Å². The quantitative estimate of drug-likeness (QED) is 0.795. The zero-order chi connectivity index (χ0) is 17.5. The molecule has 0 unspecified atom stereocenters. The number of amides is 1. The van der Waals surface area contributed by atoms with Crippen LogP contribution in [0.25, 0.3) is 0 Å². The number of hydrogen-bond acceptors (Lipinski definition) is 3. The van der Waals surface area contributed by atoms with Crippen molar-refractivity contribution in [1.29, 1.82) is 0 Å². The smallest absolute Gasteiger partial charge is 0.242 e. The average molecular weight is 332 g/mol. The third kappa shape index (κ3) is 5.05. The molecule has 1 amide bonds. The molecule has 0 bridgehead atoms. The highest BCUT2D eigenvalue weighted by molar-refractivity contribution is 5.83. The third-order valence-electron chi connectivity index (χ3n) is 4.89. The summed E-state index contributed by atoms with van der Waals surface area (Å²) >= 11 is 0. The van der Waals surface area contributed by atoms with Crippen molar-refractivity contribution in [3.05, 3.63) is 35.9 Å². The van der Waals surface area contributed by atoms with Crippen molar-refractivity contribution >= 4 is 5.91 Å². The maximum atomic E-state index is 12.8. The maximum Gasteiger partial charge on any atom is 0.242 e. The van der Waals surface area contributed by atoms with E-state index in [1.165, 1.54) is 6.42 Å². The van der Waals surface area contributed by atoms with Gasteiger partial charge in [-0.2, -0.15) is 0 Å². The molecule has 4 heteroatoms. The van der Waals surface area contributed by atoms with Crippen molar-refractivity contribution in [2.75, 3.05) is 32.7 Å². The van der Waals surface area contributed by atoms with Gasteiger partial charge < -0.3 is 10.2 Å². The summed E-state index contributed by atoms with van der Waals surface area (Å²) in [6.45, 7) is 13.8. The summed E-state index contributed by atoms with van der Waals surface area (Å²) in [4.78, 5) is 17.7. The number of hydrogen-bond donors (Lipinski definition) is 1. The van der Waals surface area contributed by atoms with Gasteiger partial charge in [-0.05, 0) is 51.4 Å². The second-order valence-electron chi connectivity index (χ2n) is 7.11. The second-order valence-corrected chi connectivity index (χ2v) is 7.11. The standard InChI is InChI=1S/C20H33N3O/c1-5-22(6-2)14-17-12-13-23(15-17)19(20(24)21-16(3)4)18-10-8-7-9-11-18/h7-11,16-17,19H,5-6,12-15H2,1-4H3,(H,21,24)/t17-,19-/m0/s1. The van der Waals surface area contributed by atoms with Gasteiger partial charge in [0.15, 0.2) is 0 Å². The molecule has 1 aromatic carbocycles. The first kappa shape index (κ1) is 18.9. The molecule has 134 valence electrons. The van der Waals surface area contributed by atoms with Gasteiger partial charge in [-0.3, -0.25) is 9.69 Å². The summed E-state index contributed by atoms with van der Waals surface area (Å²) in [5, 5.41) is 3.11. The molecule has 1 fully saturated rings.